The molecule has 0 saturated heterocycles. The Bertz CT molecular complexity index is 529. The van der Waals surface area contributed by atoms with Crippen molar-refractivity contribution in [2.45, 2.75) is 39.2 Å². The van der Waals surface area contributed by atoms with Crippen LogP contribution in [-0.2, 0) is 20.8 Å². The van der Waals surface area contributed by atoms with Gasteiger partial charge in [0.2, 0.25) is 11.8 Å². The molecule has 0 unspecified atom stereocenters. The molecule has 0 radical (unpaired) electrons. The van der Waals surface area contributed by atoms with Crippen LogP contribution in [0.3, 0.4) is 0 Å². The maximum atomic E-state index is 11.8. The summed E-state index contributed by atoms with van der Waals surface area (Å²) in [4.78, 5) is 34.6. The highest BCUT2D eigenvalue weighted by Gasteiger charge is 2.20. The number of amides is 2. The lowest BCUT2D eigenvalue weighted by Gasteiger charge is -2.15. The third kappa shape index (κ3) is 7.99. The van der Waals surface area contributed by atoms with Gasteiger partial charge in [0.05, 0.1) is 0 Å². The fraction of sp³-hybridized carbons (Fsp3) is 0.471. The molecule has 2 amide bonds. The summed E-state index contributed by atoms with van der Waals surface area (Å²) in [7, 11) is 0. The Morgan fingerprint density at radius 2 is 1.74 bits per heavy atom. The molecule has 1 aromatic carbocycles. The summed E-state index contributed by atoms with van der Waals surface area (Å²) in [6.07, 6.45) is 0.692. The first kappa shape index (κ1) is 18.7. The number of nitrogens with one attached hydrogen (secondary N) is 2. The molecule has 0 fully saturated rings. The Morgan fingerprint density at radius 3 is 2.30 bits per heavy atom. The number of rotatable bonds is 9. The van der Waals surface area contributed by atoms with Gasteiger partial charge in [0.1, 0.15) is 6.04 Å². The van der Waals surface area contributed by atoms with Crippen LogP contribution in [0.2, 0.25) is 0 Å². The van der Waals surface area contributed by atoms with Gasteiger partial charge in [-0.05, 0) is 11.5 Å². The average Bonchev–Trinajstić information content (AvgIpc) is 2.46. The van der Waals surface area contributed by atoms with Crippen LogP contribution in [-0.4, -0.2) is 35.5 Å². The number of hydrogen-bond acceptors (Lipinski definition) is 3. The fourth-order valence-electron chi connectivity index (χ4n) is 2.07. The maximum Gasteiger partial charge on any atom is 0.326 e. The zero-order chi connectivity index (χ0) is 17.2. The molecule has 0 bridgehead atoms. The molecule has 126 valence electrons. The summed E-state index contributed by atoms with van der Waals surface area (Å²) in [6, 6.07) is 8.14. The summed E-state index contributed by atoms with van der Waals surface area (Å²) in [5.41, 5.74) is 0.838. The van der Waals surface area contributed by atoms with Gasteiger partial charge in [-0.25, -0.2) is 4.79 Å². The van der Waals surface area contributed by atoms with Gasteiger partial charge in [0.15, 0.2) is 0 Å². The minimum absolute atomic E-state index is 0.0579. The first-order chi connectivity index (χ1) is 10.9. The standard InChI is InChI=1S/C17H24N2O4/c1-12(2)10-16(21)18-9-8-15(20)19-14(17(22)23)11-13-6-4-3-5-7-13/h3-7,12,14H,8-11H2,1-2H3,(H,18,21)(H,19,20)(H,22,23)/t14-/m0/s1. The first-order valence-corrected chi connectivity index (χ1v) is 7.71. The van der Waals surface area contributed by atoms with E-state index >= 15 is 0 Å². The van der Waals surface area contributed by atoms with Crippen LogP contribution in [0.15, 0.2) is 30.3 Å². The number of carbonyl (C=O) groups excluding carboxylic acids is 2. The predicted molar refractivity (Wildman–Crippen MR) is 86.8 cm³/mol. The third-order valence-corrected chi connectivity index (χ3v) is 3.18. The van der Waals surface area contributed by atoms with E-state index in [1.807, 2.05) is 44.2 Å². The van der Waals surface area contributed by atoms with Crippen molar-refractivity contribution < 1.29 is 19.5 Å². The molecule has 3 N–H and O–H groups in total. The first-order valence-electron chi connectivity index (χ1n) is 7.71. The average molecular weight is 320 g/mol. The quantitative estimate of drug-likeness (QED) is 0.640. The zero-order valence-electron chi connectivity index (χ0n) is 13.5. The molecule has 0 aliphatic heterocycles. The van der Waals surface area contributed by atoms with E-state index < -0.39 is 17.9 Å². The molecule has 0 aliphatic carbocycles. The lowest BCUT2D eigenvalue weighted by molar-refractivity contribution is -0.141. The molecular weight excluding hydrogens is 296 g/mol. The van der Waals surface area contributed by atoms with Gasteiger partial charge in [-0.15, -0.1) is 0 Å². The monoisotopic (exact) mass is 320 g/mol. The van der Waals surface area contributed by atoms with Gasteiger partial charge in [-0.1, -0.05) is 44.2 Å². The second kappa shape index (κ2) is 9.61. The molecule has 0 aromatic heterocycles. The van der Waals surface area contributed by atoms with Crippen molar-refractivity contribution in [3.05, 3.63) is 35.9 Å². The highest BCUT2D eigenvalue weighted by Crippen LogP contribution is 2.04. The van der Waals surface area contributed by atoms with E-state index in [2.05, 4.69) is 10.6 Å². The van der Waals surface area contributed by atoms with Crippen molar-refractivity contribution in [2.24, 2.45) is 5.92 Å². The van der Waals surface area contributed by atoms with Gasteiger partial charge < -0.3 is 15.7 Å². The van der Waals surface area contributed by atoms with Crippen LogP contribution in [0.1, 0.15) is 32.3 Å². The second-order valence-corrected chi connectivity index (χ2v) is 5.85. The van der Waals surface area contributed by atoms with Crippen LogP contribution in [0, 0.1) is 5.92 Å². The van der Waals surface area contributed by atoms with Crippen molar-refractivity contribution in [2.75, 3.05) is 6.54 Å². The van der Waals surface area contributed by atoms with Crippen LogP contribution >= 0.6 is 0 Å². The zero-order valence-corrected chi connectivity index (χ0v) is 13.5. The minimum Gasteiger partial charge on any atom is -0.480 e. The SMILES string of the molecule is CC(C)CC(=O)NCCC(=O)N[C@@H](Cc1ccccc1)C(=O)O. The van der Waals surface area contributed by atoms with Crippen LogP contribution in [0.25, 0.3) is 0 Å². The van der Waals surface area contributed by atoms with Crippen molar-refractivity contribution >= 4 is 17.8 Å². The molecule has 0 aliphatic rings. The molecule has 0 saturated carbocycles. The smallest absolute Gasteiger partial charge is 0.326 e. The molecule has 1 atom stereocenters. The van der Waals surface area contributed by atoms with E-state index in [1.54, 1.807) is 0 Å². The van der Waals surface area contributed by atoms with Gasteiger partial charge in [-0.2, -0.15) is 0 Å². The van der Waals surface area contributed by atoms with Crippen LogP contribution in [0.5, 0.6) is 0 Å². The number of hydrogen-bond donors (Lipinski definition) is 3. The number of carboxylic acid groups (broad SMARTS) is 1. The van der Waals surface area contributed by atoms with Crippen LogP contribution in [0.4, 0.5) is 0 Å². The molecule has 23 heavy (non-hydrogen) atoms. The molecule has 6 heteroatoms. The topological polar surface area (TPSA) is 95.5 Å². The molecule has 0 heterocycles. The maximum absolute atomic E-state index is 11.8. The normalized spacial score (nSPS) is 11.8. The fourth-order valence-corrected chi connectivity index (χ4v) is 2.07. The highest BCUT2D eigenvalue weighted by molar-refractivity contribution is 5.84. The Hall–Kier alpha value is -2.37. The number of benzene rings is 1. The summed E-state index contributed by atoms with van der Waals surface area (Å²) in [5.74, 6) is -1.32. The van der Waals surface area contributed by atoms with Gasteiger partial charge in [-0.3, -0.25) is 9.59 Å². The lowest BCUT2D eigenvalue weighted by Crippen LogP contribution is -2.43. The predicted octanol–water partition coefficient (Wildman–Crippen LogP) is 1.35. The van der Waals surface area contributed by atoms with Crippen molar-refractivity contribution in [3.63, 3.8) is 0 Å². The van der Waals surface area contributed by atoms with Crippen molar-refractivity contribution in [1.29, 1.82) is 0 Å². The van der Waals surface area contributed by atoms with E-state index in [0.29, 0.717) is 6.42 Å². The Morgan fingerprint density at radius 1 is 1.09 bits per heavy atom. The van der Waals surface area contributed by atoms with E-state index in [-0.39, 0.29) is 31.2 Å². The van der Waals surface area contributed by atoms with Gasteiger partial charge in [0, 0.05) is 25.8 Å². The van der Waals surface area contributed by atoms with E-state index in [1.165, 1.54) is 0 Å². The van der Waals surface area contributed by atoms with Gasteiger partial charge in [0.25, 0.3) is 0 Å². The summed E-state index contributed by atoms with van der Waals surface area (Å²) in [5, 5.41) is 14.4. The van der Waals surface area contributed by atoms with E-state index in [0.717, 1.165) is 5.56 Å². The van der Waals surface area contributed by atoms with E-state index in [9.17, 15) is 19.5 Å². The van der Waals surface area contributed by atoms with Crippen molar-refractivity contribution in [3.8, 4) is 0 Å². The van der Waals surface area contributed by atoms with Crippen LogP contribution < -0.4 is 10.6 Å². The van der Waals surface area contributed by atoms with Crippen molar-refractivity contribution in [1.82, 2.24) is 10.6 Å². The number of carboxylic acids is 1. The molecule has 6 nitrogen and oxygen atoms in total. The number of aliphatic carboxylic acids is 1. The van der Waals surface area contributed by atoms with Gasteiger partial charge >= 0.3 is 5.97 Å². The molecule has 0 spiro atoms. The third-order valence-electron chi connectivity index (χ3n) is 3.18. The second-order valence-electron chi connectivity index (χ2n) is 5.85. The highest BCUT2D eigenvalue weighted by atomic mass is 16.4. The Labute approximate surface area is 136 Å². The Kier molecular flexibility index (Phi) is 7.80. The summed E-state index contributed by atoms with van der Waals surface area (Å²) in [6.45, 7) is 4.08. The molecule has 1 rings (SSSR count). The molecular formula is C17H24N2O4. The lowest BCUT2D eigenvalue weighted by atomic mass is 10.1. The Balaban J connectivity index is 2.40. The summed E-state index contributed by atoms with van der Waals surface area (Å²) < 4.78 is 0. The molecule has 1 aromatic rings. The van der Waals surface area contributed by atoms with E-state index in [4.69, 9.17) is 0 Å². The summed E-state index contributed by atoms with van der Waals surface area (Å²) >= 11 is 0. The largest absolute Gasteiger partial charge is 0.480 e. The number of carbonyl (C=O) groups is 3. The minimum atomic E-state index is -1.08.